The number of thiazole rings is 1. The van der Waals surface area contributed by atoms with Crippen molar-refractivity contribution in [2.75, 3.05) is 11.9 Å². The third kappa shape index (κ3) is 3.45. The largest absolute Gasteiger partial charge is 0.465 e. The van der Waals surface area contributed by atoms with Gasteiger partial charge in [-0.3, -0.25) is 0 Å². The first-order chi connectivity index (χ1) is 9.82. The van der Waals surface area contributed by atoms with Crippen LogP contribution in [0.25, 0.3) is 0 Å². The van der Waals surface area contributed by atoms with Crippen molar-refractivity contribution in [1.29, 1.82) is 5.26 Å². The van der Waals surface area contributed by atoms with Crippen molar-refractivity contribution in [2.24, 2.45) is 5.41 Å². The molecule has 1 aliphatic heterocycles. The molecule has 1 amide bonds. The van der Waals surface area contributed by atoms with Gasteiger partial charge in [0.25, 0.3) is 0 Å². The lowest BCUT2D eigenvalue weighted by Gasteiger charge is -2.46. The van der Waals surface area contributed by atoms with Crippen molar-refractivity contribution in [3.05, 3.63) is 11.1 Å². The summed E-state index contributed by atoms with van der Waals surface area (Å²) in [6.45, 7) is 6.72. The van der Waals surface area contributed by atoms with E-state index in [0.717, 1.165) is 12.8 Å². The van der Waals surface area contributed by atoms with E-state index < -0.39 is 6.09 Å². The third-order valence-corrected chi connectivity index (χ3v) is 4.52. The number of rotatable bonds is 2. The van der Waals surface area contributed by atoms with Crippen LogP contribution in [0, 0.1) is 16.7 Å². The Morgan fingerprint density at radius 2 is 2.33 bits per heavy atom. The summed E-state index contributed by atoms with van der Waals surface area (Å²) in [5.41, 5.74) is -0.175. The van der Waals surface area contributed by atoms with Crippen molar-refractivity contribution < 1.29 is 9.90 Å². The highest BCUT2D eigenvalue weighted by atomic mass is 32.1. The molecule has 0 saturated carbocycles. The van der Waals surface area contributed by atoms with Crippen LogP contribution >= 0.6 is 11.3 Å². The third-order valence-electron chi connectivity index (χ3n) is 3.69. The zero-order valence-electron chi connectivity index (χ0n) is 12.5. The van der Waals surface area contributed by atoms with E-state index in [-0.39, 0.29) is 17.5 Å². The maximum absolute atomic E-state index is 11.5. The molecule has 21 heavy (non-hydrogen) atoms. The lowest BCUT2D eigenvalue weighted by atomic mass is 9.78. The van der Waals surface area contributed by atoms with Crippen LogP contribution in [0.5, 0.6) is 0 Å². The summed E-state index contributed by atoms with van der Waals surface area (Å²) in [5.74, 6) is 0. The molecule has 0 bridgehead atoms. The standard InChI is InChI=1S/C14H20N4O2S/c1-14(2,3)11-10(5-4-6-18(11)13(19)20)17-12-16-8-9(7-15)21-12/h8,10-11H,4-6H2,1-3H3,(H,16,17)(H,19,20). The number of likely N-dealkylation sites (tertiary alicyclic amines) is 1. The molecule has 7 heteroatoms. The second-order valence-electron chi connectivity index (χ2n) is 6.32. The van der Waals surface area contributed by atoms with Crippen molar-refractivity contribution in [1.82, 2.24) is 9.88 Å². The molecule has 2 atom stereocenters. The average molecular weight is 308 g/mol. The molecule has 0 aromatic carbocycles. The molecule has 2 N–H and O–H groups in total. The Hall–Kier alpha value is -1.81. The number of amides is 1. The lowest BCUT2D eigenvalue weighted by molar-refractivity contribution is 0.0519. The minimum Gasteiger partial charge on any atom is -0.465 e. The molecule has 0 aliphatic carbocycles. The van der Waals surface area contributed by atoms with Gasteiger partial charge in [-0.25, -0.2) is 9.78 Å². The molecule has 2 rings (SSSR count). The monoisotopic (exact) mass is 308 g/mol. The van der Waals surface area contributed by atoms with E-state index in [9.17, 15) is 9.90 Å². The van der Waals surface area contributed by atoms with Gasteiger partial charge in [-0.15, -0.1) is 0 Å². The summed E-state index contributed by atoms with van der Waals surface area (Å²) in [5, 5.41) is 22.3. The van der Waals surface area contributed by atoms with Gasteiger partial charge in [-0.2, -0.15) is 5.26 Å². The fraction of sp³-hybridized carbons (Fsp3) is 0.643. The number of hydrogen-bond donors (Lipinski definition) is 2. The molecule has 114 valence electrons. The van der Waals surface area contributed by atoms with Crippen LogP contribution in [0.1, 0.15) is 38.5 Å². The fourth-order valence-corrected chi connectivity index (χ4v) is 3.66. The Balaban J connectivity index is 2.22. The highest BCUT2D eigenvalue weighted by molar-refractivity contribution is 7.16. The van der Waals surface area contributed by atoms with E-state index >= 15 is 0 Å². The van der Waals surface area contributed by atoms with Gasteiger partial charge in [0.15, 0.2) is 5.13 Å². The van der Waals surface area contributed by atoms with Crippen LogP contribution in [0.2, 0.25) is 0 Å². The van der Waals surface area contributed by atoms with Gasteiger partial charge < -0.3 is 15.3 Å². The zero-order valence-corrected chi connectivity index (χ0v) is 13.3. The minimum absolute atomic E-state index is 0.00698. The van der Waals surface area contributed by atoms with Crippen LogP contribution in [0.15, 0.2) is 6.20 Å². The van der Waals surface area contributed by atoms with Crippen molar-refractivity contribution >= 4 is 22.6 Å². The first kappa shape index (κ1) is 15.6. The highest BCUT2D eigenvalue weighted by Gasteiger charge is 2.41. The maximum Gasteiger partial charge on any atom is 0.407 e. The van der Waals surface area contributed by atoms with Gasteiger partial charge in [0.2, 0.25) is 0 Å². The van der Waals surface area contributed by atoms with E-state index in [4.69, 9.17) is 5.26 Å². The van der Waals surface area contributed by atoms with Gasteiger partial charge in [0, 0.05) is 12.6 Å². The summed E-state index contributed by atoms with van der Waals surface area (Å²) in [6, 6.07) is 1.94. The Morgan fingerprint density at radius 3 is 2.86 bits per heavy atom. The molecule has 1 saturated heterocycles. The quantitative estimate of drug-likeness (QED) is 0.876. The fourth-order valence-electron chi connectivity index (χ4n) is 2.98. The first-order valence-electron chi connectivity index (χ1n) is 6.95. The number of nitrogens with one attached hydrogen (secondary N) is 1. The molecule has 1 aromatic rings. The van der Waals surface area contributed by atoms with E-state index in [2.05, 4.69) is 37.1 Å². The van der Waals surface area contributed by atoms with Gasteiger partial charge in [0.1, 0.15) is 10.9 Å². The predicted octanol–water partition coefficient (Wildman–Crippen LogP) is 2.98. The summed E-state index contributed by atoms with van der Waals surface area (Å²) in [6.07, 6.45) is 2.38. The van der Waals surface area contributed by atoms with Crippen molar-refractivity contribution in [3.8, 4) is 6.07 Å². The predicted molar refractivity (Wildman–Crippen MR) is 81.4 cm³/mol. The normalized spacial score (nSPS) is 22.7. The van der Waals surface area contributed by atoms with Crippen molar-refractivity contribution in [2.45, 2.75) is 45.7 Å². The van der Waals surface area contributed by atoms with Crippen LogP contribution < -0.4 is 5.32 Å². The molecule has 1 aromatic heterocycles. The number of aromatic nitrogens is 1. The van der Waals surface area contributed by atoms with Crippen LogP contribution in [-0.4, -0.2) is 39.7 Å². The summed E-state index contributed by atoms with van der Waals surface area (Å²) in [7, 11) is 0. The number of carboxylic acid groups (broad SMARTS) is 1. The van der Waals surface area contributed by atoms with Gasteiger partial charge >= 0.3 is 6.09 Å². The molecule has 2 heterocycles. The molecule has 0 spiro atoms. The Morgan fingerprint density at radius 1 is 1.62 bits per heavy atom. The zero-order chi connectivity index (χ0) is 15.6. The first-order valence-corrected chi connectivity index (χ1v) is 7.76. The van der Waals surface area contributed by atoms with Crippen LogP contribution in [-0.2, 0) is 0 Å². The number of nitrogens with zero attached hydrogens (tertiary/aromatic N) is 3. The van der Waals surface area contributed by atoms with Crippen LogP contribution in [0.3, 0.4) is 0 Å². The molecule has 2 unspecified atom stereocenters. The topological polar surface area (TPSA) is 89.3 Å². The molecule has 1 aliphatic rings. The lowest BCUT2D eigenvalue weighted by Crippen LogP contribution is -2.58. The highest BCUT2D eigenvalue weighted by Crippen LogP contribution is 2.34. The molecule has 0 radical (unpaired) electrons. The second kappa shape index (κ2) is 5.90. The number of nitriles is 1. The average Bonchev–Trinajstić information content (AvgIpc) is 2.84. The van der Waals surface area contributed by atoms with Crippen molar-refractivity contribution in [3.63, 3.8) is 0 Å². The Bertz CT molecular complexity index is 558. The van der Waals surface area contributed by atoms with Gasteiger partial charge in [-0.1, -0.05) is 32.1 Å². The Labute approximate surface area is 128 Å². The summed E-state index contributed by atoms with van der Waals surface area (Å²) < 4.78 is 0. The number of piperidine rings is 1. The number of hydrogen-bond acceptors (Lipinski definition) is 5. The number of carbonyl (C=O) groups is 1. The molecular weight excluding hydrogens is 288 g/mol. The van der Waals surface area contributed by atoms with E-state index in [1.807, 2.05) is 0 Å². The van der Waals surface area contributed by atoms with E-state index in [1.165, 1.54) is 22.4 Å². The summed E-state index contributed by atoms with van der Waals surface area (Å²) >= 11 is 1.30. The van der Waals surface area contributed by atoms with Gasteiger partial charge in [0.05, 0.1) is 12.2 Å². The minimum atomic E-state index is -0.877. The smallest absolute Gasteiger partial charge is 0.407 e. The SMILES string of the molecule is CC(C)(C)C1C(Nc2ncc(C#N)s2)CCCN1C(=O)O. The van der Waals surface area contributed by atoms with E-state index in [1.54, 1.807) is 0 Å². The molecule has 6 nitrogen and oxygen atoms in total. The van der Waals surface area contributed by atoms with Crippen LogP contribution in [0.4, 0.5) is 9.93 Å². The molecule has 1 fully saturated rings. The second-order valence-corrected chi connectivity index (χ2v) is 7.35. The Kier molecular flexibility index (Phi) is 4.37. The number of anilines is 1. The molecular formula is C14H20N4O2S. The van der Waals surface area contributed by atoms with E-state index in [0.29, 0.717) is 16.6 Å². The summed E-state index contributed by atoms with van der Waals surface area (Å²) in [4.78, 5) is 17.8. The maximum atomic E-state index is 11.5. The van der Waals surface area contributed by atoms with Gasteiger partial charge in [-0.05, 0) is 18.3 Å².